The largest absolute Gasteiger partial charge is 0.383 e. The Kier molecular flexibility index (Phi) is 4.23. The third-order valence-corrected chi connectivity index (χ3v) is 4.23. The van der Waals surface area contributed by atoms with E-state index in [4.69, 9.17) is 5.73 Å². The van der Waals surface area contributed by atoms with E-state index in [9.17, 15) is 0 Å². The molecule has 92 valence electrons. The monoisotopic (exact) mass is 267 g/mol. The summed E-state index contributed by atoms with van der Waals surface area (Å²) < 4.78 is 0. The number of hydrogen-bond donors (Lipinski definition) is 1. The number of hydrogen-bond acceptors (Lipinski definition) is 5. The van der Waals surface area contributed by atoms with Gasteiger partial charge in [0.05, 0.1) is 5.39 Å². The van der Waals surface area contributed by atoms with Crippen molar-refractivity contribution < 1.29 is 0 Å². The minimum absolute atomic E-state index is 0.600. The SMILES string of the molecule is CC(C)CCCSc1nc(N)c2ccsc2n1. The topological polar surface area (TPSA) is 51.8 Å². The molecule has 2 rings (SSSR count). The second kappa shape index (κ2) is 5.69. The van der Waals surface area contributed by atoms with E-state index in [0.717, 1.165) is 27.0 Å². The quantitative estimate of drug-likeness (QED) is 0.508. The van der Waals surface area contributed by atoms with Gasteiger partial charge in [-0.1, -0.05) is 32.0 Å². The molecule has 5 heteroatoms. The van der Waals surface area contributed by atoms with Gasteiger partial charge in [-0.15, -0.1) is 11.3 Å². The van der Waals surface area contributed by atoms with Gasteiger partial charge < -0.3 is 5.73 Å². The van der Waals surface area contributed by atoms with E-state index < -0.39 is 0 Å². The number of thiophene rings is 1. The highest BCUT2D eigenvalue weighted by atomic mass is 32.2. The van der Waals surface area contributed by atoms with Crippen LogP contribution in [-0.4, -0.2) is 15.7 Å². The second-order valence-electron chi connectivity index (χ2n) is 4.42. The molecule has 0 atom stereocenters. The third-order valence-electron chi connectivity index (χ3n) is 2.49. The highest BCUT2D eigenvalue weighted by Gasteiger charge is 2.06. The van der Waals surface area contributed by atoms with E-state index in [2.05, 4.69) is 23.8 Å². The summed E-state index contributed by atoms with van der Waals surface area (Å²) in [5.74, 6) is 2.43. The van der Waals surface area contributed by atoms with Crippen LogP contribution in [0.5, 0.6) is 0 Å². The summed E-state index contributed by atoms with van der Waals surface area (Å²) in [6, 6.07) is 1.97. The van der Waals surface area contributed by atoms with Gasteiger partial charge in [0.2, 0.25) is 0 Å². The summed E-state index contributed by atoms with van der Waals surface area (Å²) in [6.07, 6.45) is 2.46. The van der Waals surface area contributed by atoms with Crippen LogP contribution in [0.2, 0.25) is 0 Å². The zero-order valence-electron chi connectivity index (χ0n) is 10.1. The van der Waals surface area contributed by atoms with Crippen molar-refractivity contribution in [3.8, 4) is 0 Å². The second-order valence-corrected chi connectivity index (χ2v) is 6.37. The average molecular weight is 267 g/mol. The fraction of sp³-hybridized carbons (Fsp3) is 0.500. The maximum atomic E-state index is 5.90. The zero-order valence-corrected chi connectivity index (χ0v) is 11.8. The number of anilines is 1. The highest BCUT2D eigenvalue weighted by molar-refractivity contribution is 7.99. The van der Waals surface area contributed by atoms with Crippen molar-refractivity contribution in [1.29, 1.82) is 0 Å². The van der Waals surface area contributed by atoms with Gasteiger partial charge in [-0.25, -0.2) is 9.97 Å². The molecule has 0 unspecified atom stereocenters. The lowest BCUT2D eigenvalue weighted by atomic mass is 10.1. The predicted octanol–water partition coefficient (Wildman–Crippen LogP) is 3.80. The van der Waals surface area contributed by atoms with Crippen LogP contribution in [0, 0.1) is 5.92 Å². The Morgan fingerprint density at radius 3 is 3.00 bits per heavy atom. The first-order valence-corrected chi connectivity index (χ1v) is 7.67. The van der Waals surface area contributed by atoms with Crippen LogP contribution in [-0.2, 0) is 0 Å². The first-order chi connectivity index (χ1) is 8.16. The van der Waals surface area contributed by atoms with Crippen LogP contribution < -0.4 is 5.73 Å². The van der Waals surface area contributed by atoms with Crippen molar-refractivity contribution in [3.05, 3.63) is 11.4 Å². The van der Waals surface area contributed by atoms with Crippen LogP contribution in [0.4, 0.5) is 5.82 Å². The lowest BCUT2D eigenvalue weighted by Crippen LogP contribution is -1.96. The lowest BCUT2D eigenvalue weighted by Gasteiger charge is -2.04. The fourth-order valence-corrected chi connectivity index (χ4v) is 3.22. The molecule has 0 spiro atoms. The third kappa shape index (κ3) is 3.33. The Bertz CT molecular complexity index is 493. The normalized spacial score (nSPS) is 11.5. The van der Waals surface area contributed by atoms with Crippen molar-refractivity contribution in [2.75, 3.05) is 11.5 Å². The van der Waals surface area contributed by atoms with Crippen LogP contribution in [0.15, 0.2) is 16.6 Å². The minimum atomic E-state index is 0.600. The molecular formula is C12H17N3S2. The Hall–Kier alpha value is -0.810. The van der Waals surface area contributed by atoms with E-state index >= 15 is 0 Å². The minimum Gasteiger partial charge on any atom is -0.383 e. The summed E-state index contributed by atoms with van der Waals surface area (Å²) >= 11 is 3.31. The van der Waals surface area contributed by atoms with Gasteiger partial charge in [-0.3, -0.25) is 0 Å². The fourth-order valence-electron chi connectivity index (χ4n) is 1.58. The Morgan fingerprint density at radius 2 is 2.24 bits per heavy atom. The molecule has 2 aromatic rings. The van der Waals surface area contributed by atoms with Crippen LogP contribution in [0.1, 0.15) is 26.7 Å². The van der Waals surface area contributed by atoms with Gasteiger partial charge in [0.1, 0.15) is 10.6 Å². The summed E-state index contributed by atoms with van der Waals surface area (Å²) in [5.41, 5.74) is 5.90. The van der Waals surface area contributed by atoms with Crippen molar-refractivity contribution in [3.63, 3.8) is 0 Å². The Morgan fingerprint density at radius 1 is 1.41 bits per heavy atom. The van der Waals surface area contributed by atoms with Gasteiger partial charge in [0, 0.05) is 5.75 Å². The number of nitrogens with two attached hydrogens (primary N) is 1. The van der Waals surface area contributed by atoms with E-state index in [0.29, 0.717) is 5.82 Å². The van der Waals surface area contributed by atoms with E-state index in [1.54, 1.807) is 23.1 Å². The summed E-state index contributed by atoms with van der Waals surface area (Å²) in [4.78, 5) is 9.82. The molecule has 0 aliphatic heterocycles. The molecule has 0 fully saturated rings. The molecule has 2 N–H and O–H groups in total. The summed E-state index contributed by atoms with van der Waals surface area (Å²) in [5, 5.41) is 3.78. The van der Waals surface area contributed by atoms with Gasteiger partial charge in [0.15, 0.2) is 5.16 Å². The Labute approximate surface area is 110 Å². The first kappa shape index (κ1) is 12.6. The molecule has 2 heterocycles. The molecule has 0 bridgehead atoms. The lowest BCUT2D eigenvalue weighted by molar-refractivity contribution is 0.579. The van der Waals surface area contributed by atoms with Crippen molar-refractivity contribution in [1.82, 2.24) is 9.97 Å². The first-order valence-electron chi connectivity index (χ1n) is 5.80. The molecule has 0 aliphatic carbocycles. The number of nitrogen functional groups attached to an aromatic ring is 1. The molecule has 3 nitrogen and oxygen atoms in total. The number of fused-ring (bicyclic) bond motifs is 1. The van der Waals surface area contributed by atoms with Gasteiger partial charge in [-0.2, -0.15) is 0 Å². The van der Waals surface area contributed by atoms with Crippen molar-refractivity contribution in [2.45, 2.75) is 31.8 Å². The molecule has 0 aromatic carbocycles. The molecule has 0 amide bonds. The molecule has 0 saturated carbocycles. The smallest absolute Gasteiger partial charge is 0.190 e. The molecule has 17 heavy (non-hydrogen) atoms. The number of rotatable bonds is 5. The van der Waals surface area contributed by atoms with Crippen molar-refractivity contribution >= 4 is 39.1 Å². The number of aromatic nitrogens is 2. The van der Waals surface area contributed by atoms with E-state index in [1.165, 1.54) is 12.8 Å². The number of nitrogens with zero attached hydrogens (tertiary/aromatic N) is 2. The predicted molar refractivity (Wildman–Crippen MR) is 76.6 cm³/mol. The summed E-state index contributed by atoms with van der Waals surface area (Å²) in [7, 11) is 0. The molecule has 0 radical (unpaired) electrons. The van der Waals surface area contributed by atoms with Gasteiger partial charge >= 0.3 is 0 Å². The van der Waals surface area contributed by atoms with Gasteiger partial charge in [-0.05, 0) is 23.8 Å². The van der Waals surface area contributed by atoms with E-state index in [1.807, 2.05) is 11.4 Å². The molecule has 2 aromatic heterocycles. The zero-order chi connectivity index (χ0) is 12.3. The highest BCUT2D eigenvalue weighted by Crippen LogP contribution is 2.26. The number of thioether (sulfide) groups is 1. The molecule has 0 aliphatic rings. The summed E-state index contributed by atoms with van der Waals surface area (Å²) in [6.45, 7) is 4.49. The molecule has 0 saturated heterocycles. The van der Waals surface area contributed by atoms with Crippen LogP contribution in [0.25, 0.3) is 10.2 Å². The average Bonchev–Trinajstić information content (AvgIpc) is 2.72. The Balaban J connectivity index is 1.99. The maximum Gasteiger partial charge on any atom is 0.190 e. The van der Waals surface area contributed by atoms with E-state index in [-0.39, 0.29) is 0 Å². The standard InChI is InChI=1S/C12H17N3S2/c1-8(2)4-3-6-17-12-14-10(13)9-5-7-16-11(9)15-12/h5,7-8H,3-4,6H2,1-2H3,(H2,13,14,15). The van der Waals surface area contributed by atoms with Crippen molar-refractivity contribution in [2.24, 2.45) is 5.92 Å². The maximum absolute atomic E-state index is 5.90. The van der Waals surface area contributed by atoms with Crippen LogP contribution in [0.3, 0.4) is 0 Å². The molecular weight excluding hydrogens is 250 g/mol. The van der Waals surface area contributed by atoms with Gasteiger partial charge in [0.25, 0.3) is 0 Å². The van der Waals surface area contributed by atoms with Crippen LogP contribution >= 0.6 is 23.1 Å².